The molecule has 1 heteroatoms. The molecule has 2 saturated carbocycles. The van der Waals surface area contributed by atoms with Crippen molar-refractivity contribution in [1.82, 2.24) is 0 Å². The summed E-state index contributed by atoms with van der Waals surface area (Å²) in [5.41, 5.74) is 1.51. The zero-order chi connectivity index (χ0) is 18.6. The lowest BCUT2D eigenvalue weighted by atomic mass is 9.68. The maximum absolute atomic E-state index is 9.66. The van der Waals surface area contributed by atoms with E-state index in [1.165, 1.54) is 81.6 Å². The standard InChI is InChI=1S/C26H36O/c1-2-3-4-19-5-7-20(8-6-19)21-9-11-22(12-10-21)23-13-14-25-18-26(27)16-15-24(25)17-23/h13-22,27H,2-12H2,1H3. The van der Waals surface area contributed by atoms with Gasteiger partial charge < -0.3 is 5.11 Å². The van der Waals surface area contributed by atoms with Crippen LogP contribution in [0.25, 0.3) is 10.8 Å². The molecule has 2 aliphatic carbocycles. The second kappa shape index (κ2) is 8.67. The van der Waals surface area contributed by atoms with Gasteiger partial charge in [-0.25, -0.2) is 0 Å². The highest BCUT2D eigenvalue weighted by Gasteiger charge is 2.31. The molecule has 0 aromatic heterocycles. The molecule has 1 N–H and O–H groups in total. The number of fused-ring (bicyclic) bond motifs is 1. The van der Waals surface area contributed by atoms with Crippen molar-refractivity contribution in [2.24, 2.45) is 17.8 Å². The molecule has 0 amide bonds. The Balaban J connectivity index is 1.31. The zero-order valence-electron chi connectivity index (χ0n) is 17.0. The summed E-state index contributed by atoms with van der Waals surface area (Å²) in [4.78, 5) is 0. The summed E-state index contributed by atoms with van der Waals surface area (Å²) < 4.78 is 0. The van der Waals surface area contributed by atoms with E-state index in [0.717, 1.165) is 29.1 Å². The normalized spacial score (nSPS) is 29.1. The quantitative estimate of drug-likeness (QED) is 0.573. The van der Waals surface area contributed by atoms with Crippen molar-refractivity contribution in [3.8, 4) is 5.75 Å². The molecule has 0 radical (unpaired) electrons. The van der Waals surface area contributed by atoms with Gasteiger partial charge in [-0.15, -0.1) is 0 Å². The summed E-state index contributed by atoms with van der Waals surface area (Å²) in [6, 6.07) is 12.6. The Hall–Kier alpha value is -1.50. The molecule has 0 spiro atoms. The summed E-state index contributed by atoms with van der Waals surface area (Å²) >= 11 is 0. The van der Waals surface area contributed by atoms with Gasteiger partial charge in [-0.2, -0.15) is 0 Å². The SMILES string of the molecule is CCCCC1CCC(C2CCC(c3ccc4cc(O)ccc4c3)CC2)CC1. The number of unbranched alkanes of at least 4 members (excludes halogenated alkanes) is 1. The Morgan fingerprint density at radius 1 is 0.778 bits per heavy atom. The summed E-state index contributed by atoms with van der Waals surface area (Å²) in [5.74, 6) is 4.14. The summed E-state index contributed by atoms with van der Waals surface area (Å²) in [6.07, 6.45) is 15.9. The van der Waals surface area contributed by atoms with Crippen LogP contribution < -0.4 is 0 Å². The fraction of sp³-hybridized carbons (Fsp3) is 0.615. The van der Waals surface area contributed by atoms with Crippen molar-refractivity contribution < 1.29 is 5.11 Å². The van der Waals surface area contributed by atoms with E-state index in [1.807, 2.05) is 6.07 Å². The number of benzene rings is 2. The highest BCUT2D eigenvalue weighted by molar-refractivity contribution is 5.84. The number of rotatable bonds is 5. The first kappa shape index (κ1) is 18.8. The van der Waals surface area contributed by atoms with Crippen LogP contribution in [-0.2, 0) is 0 Å². The monoisotopic (exact) mass is 364 g/mol. The van der Waals surface area contributed by atoms with Gasteiger partial charge in [0.05, 0.1) is 0 Å². The first-order valence-electron chi connectivity index (χ1n) is 11.5. The van der Waals surface area contributed by atoms with E-state index >= 15 is 0 Å². The smallest absolute Gasteiger partial charge is 0.116 e. The van der Waals surface area contributed by atoms with Gasteiger partial charge in [-0.1, -0.05) is 63.3 Å². The molecule has 1 nitrogen and oxygen atoms in total. The predicted molar refractivity (Wildman–Crippen MR) is 115 cm³/mol. The van der Waals surface area contributed by atoms with Gasteiger partial charge in [0.25, 0.3) is 0 Å². The van der Waals surface area contributed by atoms with Gasteiger partial charge in [-0.05, 0) is 90.7 Å². The minimum Gasteiger partial charge on any atom is -0.508 e. The van der Waals surface area contributed by atoms with Crippen LogP contribution in [0.15, 0.2) is 36.4 Å². The predicted octanol–water partition coefficient (Wildman–Crippen LogP) is 7.82. The lowest BCUT2D eigenvalue weighted by Crippen LogP contribution is -2.25. The molecule has 2 aromatic carbocycles. The molecule has 4 rings (SSSR count). The fourth-order valence-corrected chi connectivity index (χ4v) is 5.87. The average molecular weight is 365 g/mol. The van der Waals surface area contributed by atoms with Gasteiger partial charge >= 0.3 is 0 Å². The molecular weight excluding hydrogens is 328 g/mol. The van der Waals surface area contributed by atoms with Gasteiger partial charge in [0.1, 0.15) is 5.75 Å². The third-order valence-electron chi connectivity index (χ3n) is 7.62. The highest BCUT2D eigenvalue weighted by Crippen LogP contribution is 2.44. The van der Waals surface area contributed by atoms with E-state index in [0.29, 0.717) is 5.75 Å². The third kappa shape index (κ3) is 4.50. The maximum Gasteiger partial charge on any atom is 0.116 e. The Morgan fingerprint density at radius 2 is 1.41 bits per heavy atom. The molecule has 0 aliphatic heterocycles. The van der Waals surface area contributed by atoms with E-state index < -0.39 is 0 Å². The first-order valence-corrected chi connectivity index (χ1v) is 11.5. The topological polar surface area (TPSA) is 20.2 Å². The second-order valence-electron chi connectivity index (χ2n) is 9.33. The Labute approximate surface area is 165 Å². The molecule has 2 aliphatic rings. The Morgan fingerprint density at radius 3 is 2.11 bits per heavy atom. The Bertz CT molecular complexity index is 733. The summed E-state index contributed by atoms with van der Waals surface area (Å²) in [7, 11) is 0. The van der Waals surface area contributed by atoms with E-state index in [4.69, 9.17) is 0 Å². The van der Waals surface area contributed by atoms with Gasteiger partial charge in [0, 0.05) is 0 Å². The van der Waals surface area contributed by atoms with Crippen molar-refractivity contribution in [2.45, 2.75) is 83.5 Å². The van der Waals surface area contributed by atoms with Crippen LogP contribution in [0.4, 0.5) is 0 Å². The van der Waals surface area contributed by atoms with Crippen LogP contribution in [-0.4, -0.2) is 5.11 Å². The van der Waals surface area contributed by atoms with Crippen molar-refractivity contribution in [1.29, 1.82) is 0 Å². The zero-order valence-corrected chi connectivity index (χ0v) is 17.0. The molecule has 0 saturated heterocycles. The Kier molecular flexibility index (Phi) is 6.05. The number of aromatic hydroxyl groups is 1. The van der Waals surface area contributed by atoms with Crippen LogP contribution in [0.1, 0.15) is 89.0 Å². The molecule has 0 bridgehead atoms. The van der Waals surface area contributed by atoms with Crippen molar-refractivity contribution in [3.05, 3.63) is 42.0 Å². The van der Waals surface area contributed by atoms with E-state index in [2.05, 4.69) is 31.2 Å². The van der Waals surface area contributed by atoms with E-state index in [-0.39, 0.29) is 0 Å². The number of hydrogen-bond acceptors (Lipinski definition) is 1. The van der Waals surface area contributed by atoms with E-state index in [9.17, 15) is 5.11 Å². The second-order valence-corrected chi connectivity index (χ2v) is 9.33. The van der Waals surface area contributed by atoms with Gasteiger partial charge in [0.2, 0.25) is 0 Å². The lowest BCUT2D eigenvalue weighted by Gasteiger charge is -2.38. The molecule has 146 valence electrons. The van der Waals surface area contributed by atoms with Crippen LogP contribution in [0.2, 0.25) is 0 Å². The summed E-state index contributed by atoms with van der Waals surface area (Å²) in [5, 5.41) is 12.1. The molecular formula is C26H36O. The van der Waals surface area contributed by atoms with Crippen molar-refractivity contribution >= 4 is 10.8 Å². The lowest BCUT2D eigenvalue weighted by molar-refractivity contribution is 0.156. The number of phenols is 1. The number of hydrogen-bond donors (Lipinski definition) is 1. The highest BCUT2D eigenvalue weighted by atomic mass is 16.3. The maximum atomic E-state index is 9.66. The first-order chi connectivity index (χ1) is 13.2. The summed E-state index contributed by atoms with van der Waals surface area (Å²) in [6.45, 7) is 2.32. The fourth-order valence-electron chi connectivity index (χ4n) is 5.87. The van der Waals surface area contributed by atoms with Gasteiger partial charge in [-0.3, -0.25) is 0 Å². The molecule has 0 heterocycles. The minimum absolute atomic E-state index is 0.361. The van der Waals surface area contributed by atoms with E-state index in [1.54, 1.807) is 6.07 Å². The van der Waals surface area contributed by atoms with Crippen LogP contribution in [0, 0.1) is 17.8 Å². The molecule has 2 fully saturated rings. The molecule has 2 aromatic rings. The third-order valence-corrected chi connectivity index (χ3v) is 7.62. The molecule has 0 unspecified atom stereocenters. The molecule has 0 atom stereocenters. The van der Waals surface area contributed by atoms with Crippen LogP contribution in [0.3, 0.4) is 0 Å². The largest absolute Gasteiger partial charge is 0.508 e. The average Bonchev–Trinajstić information content (AvgIpc) is 2.72. The van der Waals surface area contributed by atoms with Crippen molar-refractivity contribution in [3.63, 3.8) is 0 Å². The number of phenolic OH excluding ortho intramolecular Hbond substituents is 1. The molecule has 27 heavy (non-hydrogen) atoms. The minimum atomic E-state index is 0.361. The van der Waals surface area contributed by atoms with Crippen LogP contribution in [0.5, 0.6) is 5.75 Å². The van der Waals surface area contributed by atoms with Crippen molar-refractivity contribution in [2.75, 3.05) is 0 Å². The van der Waals surface area contributed by atoms with Crippen LogP contribution >= 0.6 is 0 Å². The van der Waals surface area contributed by atoms with Gasteiger partial charge in [0.15, 0.2) is 0 Å².